The maximum absolute atomic E-state index is 12.1. The highest BCUT2D eigenvalue weighted by atomic mass is 16.5. The van der Waals surface area contributed by atoms with Crippen LogP contribution in [0.3, 0.4) is 0 Å². The van der Waals surface area contributed by atoms with Gasteiger partial charge in [-0.25, -0.2) is 0 Å². The molecule has 0 fully saturated rings. The molecule has 3 heteroatoms. The number of nitrogens with two attached hydrogens (primary N) is 1. The highest BCUT2D eigenvalue weighted by Gasteiger charge is 2.15. The second-order valence-electron chi connectivity index (χ2n) is 5.29. The molecule has 0 heterocycles. The summed E-state index contributed by atoms with van der Waals surface area (Å²) < 4.78 is 5.25. The molecule has 0 amide bonds. The van der Waals surface area contributed by atoms with Crippen molar-refractivity contribution in [3.8, 4) is 5.75 Å². The third kappa shape index (κ3) is 4.15. The van der Waals surface area contributed by atoms with Gasteiger partial charge >= 0.3 is 0 Å². The lowest BCUT2D eigenvalue weighted by atomic mass is 9.95. The SMILES string of the molecule is CCc1cc(C(=O)CCC(C)(C)N)ccc1OC. The van der Waals surface area contributed by atoms with E-state index in [1.165, 1.54) is 0 Å². The molecule has 2 N–H and O–H groups in total. The molecule has 0 radical (unpaired) electrons. The third-order valence-corrected chi connectivity index (χ3v) is 2.98. The lowest BCUT2D eigenvalue weighted by Crippen LogP contribution is -2.32. The summed E-state index contributed by atoms with van der Waals surface area (Å²) in [4.78, 5) is 12.1. The summed E-state index contributed by atoms with van der Waals surface area (Å²) in [6.07, 6.45) is 2.03. The number of rotatable bonds is 6. The lowest BCUT2D eigenvalue weighted by Gasteiger charge is -2.17. The van der Waals surface area contributed by atoms with Crippen molar-refractivity contribution in [2.45, 2.75) is 45.6 Å². The Hall–Kier alpha value is -1.35. The van der Waals surface area contributed by atoms with Crippen LogP contribution in [0.2, 0.25) is 0 Å². The van der Waals surface area contributed by atoms with E-state index in [0.717, 1.165) is 23.3 Å². The van der Waals surface area contributed by atoms with Crippen LogP contribution in [0.4, 0.5) is 0 Å². The van der Waals surface area contributed by atoms with Gasteiger partial charge in [-0.1, -0.05) is 6.92 Å². The topological polar surface area (TPSA) is 52.3 Å². The number of ketones is 1. The fourth-order valence-electron chi connectivity index (χ4n) is 1.81. The van der Waals surface area contributed by atoms with Crippen LogP contribution in [0, 0.1) is 0 Å². The Morgan fingerprint density at radius 3 is 2.56 bits per heavy atom. The fourth-order valence-corrected chi connectivity index (χ4v) is 1.81. The van der Waals surface area contributed by atoms with Gasteiger partial charge in [0.15, 0.2) is 5.78 Å². The maximum atomic E-state index is 12.1. The smallest absolute Gasteiger partial charge is 0.162 e. The second kappa shape index (κ2) is 6.01. The summed E-state index contributed by atoms with van der Waals surface area (Å²) in [5, 5.41) is 0. The average molecular weight is 249 g/mol. The predicted molar refractivity (Wildman–Crippen MR) is 74.2 cm³/mol. The fraction of sp³-hybridized carbons (Fsp3) is 0.533. The van der Waals surface area contributed by atoms with E-state index in [1.807, 2.05) is 32.0 Å². The summed E-state index contributed by atoms with van der Waals surface area (Å²) in [6, 6.07) is 5.61. The van der Waals surface area contributed by atoms with Crippen LogP contribution in [-0.2, 0) is 6.42 Å². The number of carbonyl (C=O) groups excluding carboxylic acids is 1. The van der Waals surface area contributed by atoms with Crippen LogP contribution >= 0.6 is 0 Å². The predicted octanol–water partition coefficient (Wildman–Crippen LogP) is 2.96. The first-order valence-electron chi connectivity index (χ1n) is 6.36. The summed E-state index contributed by atoms with van der Waals surface area (Å²) in [6.45, 7) is 5.92. The molecule has 18 heavy (non-hydrogen) atoms. The van der Waals surface area contributed by atoms with Crippen LogP contribution in [0.5, 0.6) is 5.75 Å². The summed E-state index contributed by atoms with van der Waals surface area (Å²) >= 11 is 0. The molecule has 1 rings (SSSR count). The van der Waals surface area contributed by atoms with E-state index in [4.69, 9.17) is 10.5 Å². The molecule has 1 aromatic carbocycles. The molecule has 0 bridgehead atoms. The first kappa shape index (κ1) is 14.7. The van der Waals surface area contributed by atoms with Crippen LogP contribution < -0.4 is 10.5 Å². The number of ether oxygens (including phenoxy) is 1. The Bertz CT molecular complexity index is 419. The largest absolute Gasteiger partial charge is 0.496 e. The standard InChI is InChI=1S/C15H23NO2/c1-5-11-10-12(6-7-14(11)18-4)13(17)8-9-15(2,3)16/h6-7,10H,5,8-9,16H2,1-4H3. The van der Waals surface area contributed by atoms with Gasteiger partial charge in [-0.15, -0.1) is 0 Å². The molecule has 1 aromatic rings. The minimum atomic E-state index is -0.296. The van der Waals surface area contributed by atoms with Gasteiger partial charge in [0, 0.05) is 17.5 Å². The highest BCUT2D eigenvalue weighted by Crippen LogP contribution is 2.22. The number of carbonyl (C=O) groups is 1. The van der Waals surface area contributed by atoms with Crippen molar-refractivity contribution in [3.63, 3.8) is 0 Å². The molecule has 0 aliphatic rings. The van der Waals surface area contributed by atoms with E-state index < -0.39 is 0 Å². The van der Waals surface area contributed by atoms with E-state index in [-0.39, 0.29) is 11.3 Å². The first-order chi connectivity index (χ1) is 8.37. The first-order valence-corrected chi connectivity index (χ1v) is 6.36. The van der Waals surface area contributed by atoms with E-state index in [2.05, 4.69) is 6.92 Å². The van der Waals surface area contributed by atoms with Gasteiger partial charge in [0.05, 0.1) is 7.11 Å². The van der Waals surface area contributed by atoms with Crippen LogP contribution in [0.25, 0.3) is 0 Å². The quantitative estimate of drug-likeness (QED) is 0.789. The molecule has 0 unspecified atom stereocenters. The number of benzene rings is 1. The number of aryl methyl sites for hydroxylation is 1. The molecule has 0 aliphatic carbocycles. The Morgan fingerprint density at radius 2 is 2.06 bits per heavy atom. The third-order valence-electron chi connectivity index (χ3n) is 2.98. The normalized spacial score (nSPS) is 11.4. The molecule has 0 saturated heterocycles. The molecule has 0 aromatic heterocycles. The molecule has 0 spiro atoms. The Labute approximate surface area is 109 Å². The van der Waals surface area contributed by atoms with Crippen molar-refractivity contribution in [2.75, 3.05) is 7.11 Å². The molecule has 0 atom stereocenters. The van der Waals surface area contributed by atoms with E-state index >= 15 is 0 Å². The van der Waals surface area contributed by atoms with Gasteiger partial charge < -0.3 is 10.5 Å². The van der Waals surface area contributed by atoms with Crippen molar-refractivity contribution in [1.82, 2.24) is 0 Å². The van der Waals surface area contributed by atoms with E-state index in [0.29, 0.717) is 12.8 Å². The molecule has 100 valence electrons. The minimum absolute atomic E-state index is 0.144. The Balaban J connectivity index is 2.80. The zero-order valence-electron chi connectivity index (χ0n) is 11.7. The van der Waals surface area contributed by atoms with E-state index in [9.17, 15) is 4.79 Å². The molecule has 3 nitrogen and oxygen atoms in total. The Morgan fingerprint density at radius 1 is 1.39 bits per heavy atom. The molecular weight excluding hydrogens is 226 g/mol. The summed E-state index contributed by atoms with van der Waals surface area (Å²) in [7, 11) is 1.65. The van der Waals surface area contributed by atoms with Crippen LogP contribution in [-0.4, -0.2) is 18.4 Å². The number of Topliss-reactive ketones (excluding diaryl/α,β-unsaturated/α-hetero) is 1. The maximum Gasteiger partial charge on any atom is 0.162 e. The highest BCUT2D eigenvalue weighted by molar-refractivity contribution is 5.96. The van der Waals surface area contributed by atoms with Crippen molar-refractivity contribution in [2.24, 2.45) is 5.73 Å². The monoisotopic (exact) mass is 249 g/mol. The van der Waals surface area contributed by atoms with E-state index in [1.54, 1.807) is 7.11 Å². The zero-order chi connectivity index (χ0) is 13.8. The lowest BCUT2D eigenvalue weighted by molar-refractivity contribution is 0.0972. The van der Waals surface area contributed by atoms with Gasteiger partial charge in [-0.3, -0.25) is 4.79 Å². The summed E-state index contributed by atoms with van der Waals surface area (Å²) in [5.74, 6) is 0.985. The van der Waals surface area contributed by atoms with Gasteiger partial charge in [-0.05, 0) is 50.5 Å². The molecule has 0 aliphatic heterocycles. The minimum Gasteiger partial charge on any atom is -0.496 e. The van der Waals surface area contributed by atoms with Crippen LogP contribution in [0.1, 0.15) is 49.5 Å². The number of hydrogen-bond acceptors (Lipinski definition) is 3. The second-order valence-corrected chi connectivity index (χ2v) is 5.29. The van der Waals surface area contributed by atoms with Crippen molar-refractivity contribution in [3.05, 3.63) is 29.3 Å². The summed E-state index contributed by atoms with van der Waals surface area (Å²) in [5.41, 5.74) is 7.41. The zero-order valence-corrected chi connectivity index (χ0v) is 11.7. The number of hydrogen-bond donors (Lipinski definition) is 1. The van der Waals surface area contributed by atoms with Crippen molar-refractivity contribution < 1.29 is 9.53 Å². The van der Waals surface area contributed by atoms with Crippen molar-refractivity contribution in [1.29, 1.82) is 0 Å². The van der Waals surface area contributed by atoms with Gasteiger partial charge in [0.25, 0.3) is 0 Å². The van der Waals surface area contributed by atoms with Crippen LogP contribution in [0.15, 0.2) is 18.2 Å². The van der Waals surface area contributed by atoms with Crippen molar-refractivity contribution >= 4 is 5.78 Å². The van der Waals surface area contributed by atoms with Gasteiger partial charge in [0.2, 0.25) is 0 Å². The van der Waals surface area contributed by atoms with Gasteiger partial charge in [0.1, 0.15) is 5.75 Å². The Kier molecular flexibility index (Phi) is 4.91. The number of methoxy groups -OCH3 is 1. The van der Waals surface area contributed by atoms with Gasteiger partial charge in [-0.2, -0.15) is 0 Å². The average Bonchev–Trinajstić information content (AvgIpc) is 2.34. The molecule has 0 saturated carbocycles. The molecular formula is C15H23NO2.